The number of aryl methyl sites for hydroxylation is 2. The van der Waals surface area contributed by atoms with Gasteiger partial charge in [-0.05, 0) is 62.3 Å². The van der Waals surface area contributed by atoms with Gasteiger partial charge in [-0.3, -0.25) is 0 Å². The van der Waals surface area contributed by atoms with Crippen molar-refractivity contribution >= 4 is 0 Å². The summed E-state index contributed by atoms with van der Waals surface area (Å²) in [5, 5.41) is 3.39. The van der Waals surface area contributed by atoms with Gasteiger partial charge in [-0.15, -0.1) is 0 Å². The van der Waals surface area contributed by atoms with Gasteiger partial charge in [0.2, 0.25) is 0 Å². The Morgan fingerprint density at radius 3 is 2.71 bits per heavy atom. The van der Waals surface area contributed by atoms with E-state index in [0.717, 1.165) is 5.92 Å². The van der Waals surface area contributed by atoms with Crippen LogP contribution >= 0.6 is 0 Å². The molecular formula is C16H25N. The second kappa shape index (κ2) is 5.68. The maximum Gasteiger partial charge on any atom is 0.00670 e. The normalized spacial score (nSPS) is 17.8. The summed E-state index contributed by atoms with van der Waals surface area (Å²) in [7, 11) is 2.07. The van der Waals surface area contributed by atoms with E-state index < -0.39 is 0 Å². The largest absolute Gasteiger partial charge is 0.317 e. The summed E-state index contributed by atoms with van der Waals surface area (Å²) in [6.07, 6.45) is 6.40. The molecule has 2 atom stereocenters. The number of hydrogen-bond acceptors (Lipinski definition) is 1. The summed E-state index contributed by atoms with van der Waals surface area (Å²) < 4.78 is 0. The van der Waals surface area contributed by atoms with E-state index in [2.05, 4.69) is 44.4 Å². The molecule has 1 aromatic rings. The smallest absolute Gasteiger partial charge is 0.00670 e. The Hall–Kier alpha value is -0.820. The van der Waals surface area contributed by atoms with E-state index in [1.165, 1.54) is 37.7 Å². The lowest BCUT2D eigenvalue weighted by molar-refractivity contribution is 0.381. The lowest BCUT2D eigenvalue weighted by Gasteiger charge is -2.22. The fourth-order valence-corrected chi connectivity index (χ4v) is 2.97. The van der Waals surface area contributed by atoms with Crippen LogP contribution in [0, 0.1) is 5.92 Å². The van der Waals surface area contributed by atoms with E-state index >= 15 is 0 Å². The molecule has 0 fully saturated rings. The van der Waals surface area contributed by atoms with Crippen molar-refractivity contribution in [3.05, 3.63) is 34.9 Å². The summed E-state index contributed by atoms with van der Waals surface area (Å²) in [4.78, 5) is 0. The number of hydrogen-bond donors (Lipinski definition) is 1. The van der Waals surface area contributed by atoms with E-state index in [0.29, 0.717) is 6.04 Å². The predicted octanol–water partition coefficient (Wildman–Crippen LogP) is 3.35. The molecule has 1 aliphatic carbocycles. The third-order valence-corrected chi connectivity index (χ3v) is 4.35. The second-order valence-corrected chi connectivity index (χ2v) is 5.41. The van der Waals surface area contributed by atoms with Crippen molar-refractivity contribution in [3.8, 4) is 0 Å². The first-order valence-electron chi connectivity index (χ1n) is 7.02. The van der Waals surface area contributed by atoms with Crippen molar-refractivity contribution in [1.82, 2.24) is 5.32 Å². The minimum atomic E-state index is 0.605. The molecule has 2 unspecified atom stereocenters. The minimum Gasteiger partial charge on any atom is -0.317 e. The zero-order chi connectivity index (χ0) is 12.3. The Morgan fingerprint density at radius 1 is 1.24 bits per heavy atom. The zero-order valence-electron chi connectivity index (χ0n) is 11.4. The Bertz CT molecular complexity index is 370. The fraction of sp³-hybridized carbons (Fsp3) is 0.625. The molecule has 1 nitrogen and oxygen atoms in total. The average Bonchev–Trinajstić information content (AvgIpc) is 2.82. The van der Waals surface area contributed by atoms with E-state index in [9.17, 15) is 0 Å². The van der Waals surface area contributed by atoms with Crippen LogP contribution in [0.4, 0.5) is 0 Å². The van der Waals surface area contributed by atoms with Crippen LogP contribution in [0.2, 0.25) is 0 Å². The maximum atomic E-state index is 3.39. The Labute approximate surface area is 106 Å². The third-order valence-electron chi connectivity index (χ3n) is 4.35. The fourth-order valence-electron chi connectivity index (χ4n) is 2.97. The van der Waals surface area contributed by atoms with Crippen molar-refractivity contribution in [2.24, 2.45) is 5.92 Å². The van der Waals surface area contributed by atoms with E-state index in [1.807, 2.05) is 0 Å². The van der Waals surface area contributed by atoms with Crippen LogP contribution in [0.15, 0.2) is 18.2 Å². The SMILES string of the molecule is CCC(Cc1ccc2c(c1)CCC2)C(C)NC. The molecule has 0 heterocycles. The quantitative estimate of drug-likeness (QED) is 0.819. The molecule has 1 heteroatoms. The highest BCUT2D eigenvalue weighted by Gasteiger charge is 2.16. The van der Waals surface area contributed by atoms with E-state index in [1.54, 1.807) is 11.1 Å². The molecule has 1 N–H and O–H groups in total. The summed E-state index contributed by atoms with van der Waals surface area (Å²) >= 11 is 0. The first-order valence-corrected chi connectivity index (χ1v) is 7.02. The molecule has 2 rings (SSSR count). The van der Waals surface area contributed by atoms with Crippen molar-refractivity contribution < 1.29 is 0 Å². The van der Waals surface area contributed by atoms with Crippen LogP contribution < -0.4 is 5.32 Å². The standard InChI is InChI=1S/C16H25N/c1-4-14(12(2)17-3)10-13-8-9-15-6-5-7-16(15)11-13/h8-9,11-12,14,17H,4-7,10H2,1-3H3. The van der Waals surface area contributed by atoms with Crippen LogP contribution in [0.3, 0.4) is 0 Å². The van der Waals surface area contributed by atoms with Gasteiger partial charge in [-0.2, -0.15) is 0 Å². The van der Waals surface area contributed by atoms with Gasteiger partial charge in [0, 0.05) is 6.04 Å². The van der Waals surface area contributed by atoms with E-state index in [4.69, 9.17) is 0 Å². The molecule has 0 amide bonds. The molecule has 0 radical (unpaired) electrons. The Kier molecular flexibility index (Phi) is 4.22. The Morgan fingerprint density at radius 2 is 2.00 bits per heavy atom. The van der Waals surface area contributed by atoms with Crippen molar-refractivity contribution in [2.45, 2.75) is 52.0 Å². The second-order valence-electron chi connectivity index (χ2n) is 5.41. The molecule has 0 aliphatic heterocycles. The van der Waals surface area contributed by atoms with Gasteiger partial charge in [0.15, 0.2) is 0 Å². The summed E-state index contributed by atoms with van der Waals surface area (Å²) in [5.74, 6) is 0.749. The number of rotatable bonds is 5. The molecular weight excluding hydrogens is 206 g/mol. The molecule has 0 saturated heterocycles. The minimum absolute atomic E-state index is 0.605. The van der Waals surface area contributed by atoms with Crippen LogP contribution in [-0.4, -0.2) is 13.1 Å². The van der Waals surface area contributed by atoms with Crippen molar-refractivity contribution in [2.75, 3.05) is 7.05 Å². The van der Waals surface area contributed by atoms with Crippen LogP contribution in [-0.2, 0) is 19.3 Å². The van der Waals surface area contributed by atoms with Gasteiger partial charge in [0.1, 0.15) is 0 Å². The molecule has 1 aromatic carbocycles. The van der Waals surface area contributed by atoms with Gasteiger partial charge < -0.3 is 5.32 Å². The third kappa shape index (κ3) is 2.90. The van der Waals surface area contributed by atoms with E-state index in [-0.39, 0.29) is 0 Å². The highest BCUT2D eigenvalue weighted by Crippen LogP contribution is 2.25. The molecule has 0 spiro atoms. The molecule has 0 saturated carbocycles. The topological polar surface area (TPSA) is 12.0 Å². The van der Waals surface area contributed by atoms with Crippen molar-refractivity contribution in [1.29, 1.82) is 0 Å². The first-order chi connectivity index (χ1) is 8.24. The summed E-state index contributed by atoms with van der Waals surface area (Å²) in [6.45, 7) is 4.59. The average molecular weight is 231 g/mol. The highest BCUT2D eigenvalue weighted by molar-refractivity contribution is 5.35. The van der Waals surface area contributed by atoms with Gasteiger partial charge in [-0.25, -0.2) is 0 Å². The van der Waals surface area contributed by atoms with Crippen LogP contribution in [0.25, 0.3) is 0 Å². The number of fused-ring (bicyclic) bond motifs is 1. The lowest BCUT2D eigenvalue weighted by atomic mass is 9.90. The maximum absolute atomic E-state index is 3.39. The van der Waals surface area contributed by atoms with Gasteiger partial charge in [-0.1, -0.05) is 31.5 Å². The molecule has 94 valence electrons. The monoisotopic (exact) mass is 231 g/mol. The molecule has 0 aromatic heterocycles. The molecule has 1 aliphatic rings. The zero-order valence-corrected chi connectivity index (χ0v) is 11.4. The molecule has 17 heavy (non-hydrogen) atoms. The highest BCUT2D eigenvalue weighted by atomic mass is 14.9. The van der Waals surface area contributed by atoms with Crippen LogP contribution in [0.5, 0.6) is 0 Å². The van der Waals surface area contributed by atoms with Gasteiger partial charge >= 0.3 is 0 Å². The summed E-state index contributed by atoms with van der Waals surface area (Å²) in [5.41, 5.74) is 4.72. The van der Waals surface area contributed by atoms with Crippen molar-refractivity contribution in [3.63, 3.8) is 0 Å². The Balaban J connectivity index is 2.07. The molecule has 0 bridgehead atoms. The van der Waals surface area contributed by atoms with Crippen LogP contribution in [0.1, 0.15) is 43.4 Å². The van der Waals surface area contributed by atoms with Gasteiger partial charge in [0.25, 0.3) is 0 Å². The number of nitrogens with one attached hydrogen (secondary N) is 1. The predicted molar refractivity (Wildman–Crippen MR) is 74.5 cm³/mol. The lowest BCUT2D eigenvalue weighted by Crippen LogP contribution is -2.31. The number of benzene rings is 1. The summed E-state index contributed by atoms with van der Waals surface area (Å²) in [6, 6.07) is 7.75. The first kappa shape index (κ1) is 12.6. The van der Waals surface area contributed by atoms with Gasteiger partial charge in [0.05, 0.1) is 0 Å².